The van der Waals surface area contributed by atoms with Crippen molar-refractivity contribution in [2.45, 2.75) is 25.9 Å². The molecule has 0 saturated carbocycles. The molecule has 0 N–H and O–H groups in total. The van der Waals surface area contributed by atoms with Gasteiger partial charge in [-0.2, -0.15) is 0 Å². The number of hydrogen-bond acceptors (Lipinski definition) is 4. The molecule has 1 aromatic heterocycles. The van der Waals surface area contributed by atoms with Crippen molar-refractivity contribution in [1.29, 1.82) is 0 Å². The Labute approximate surface area is 155 Å². The summed E-state index contributed by atoms with van der Waals surface area (Å²) in [6, 6.07) is 11.7. The zero-order chi connectivity index (χ0) is 18.1. The van der Waals surface area contributed by atoms with Crippen LogP contribution in [0.5, 0.6) is 0 Å². The van der Waals surface area contributed by atoms with Crippen LogP contribution in [0.1, 0.15) is 28.8 Å². The molecule has 6 heteroatoms. The second-order valence-corrected chi connectivity index (χ2v) is 7.48. The van der Waals surface area contributed by atoms with Crippen molar-refractivity contribution < 1.29 is 13.9 Å². The highest BCUT2D eigenvalue weighted by Crippen LogP contribution is 2.32. The predicted molar refractivity (Wildman–Crippen MR) is 101 cm³/mol. The number of benzene rings is 2. The number of hydrogen-bond donors (Lipinski definition) is 0. The van der Waals surface area contributed by atoms with Crippen LogP contribution in [-0.2, 0) is 4.74 Å². The van der Waals surface area contributed by atoms with Gasteiger partial charge in [-0.05, 0) is 55.7 Å². The number of anilines is 1. The summed E-state index contributed by atoms with van der Waals surface area (Å²) >= 11 is 1.49. The van der Waals surface area contributed by atoms with E-state index in [-0.39, 0.29) is 17.8 Å². The molecular formula is C20H19FN2O2S. The minimum Gasteiger partial charge on any atom is -0.376 e. The molecule has 0 aliphatic carbocycles. The Morgan fingerprint density at radius 2 is 2.12 bits per heavy atom. The molecule has 1 saturated heterocycles. The van der Waals surface area contributed by atoms with Crippen LogP contribution in [0.2, 0.25) is 0 Å². The van der Waals surface area contributed by atoms with Crippen molar-refractivity contribution in [1.82, 2.24) is 4.98 Å². The number of aromatic nitrogens is 1. The average Bonchev–Trinajstić information content (AvgIpc) is 3.30. The Hall–Kier alpha value is -2.31. The molecule has 1 amide bonds. The number of carbonyl (C=O) groups excluding carboxylic acids is 1. The maximum Gasteiger partial charge on any atom is 0.260 e. The van der Waals surface area contributed by atoms with Crippen LogP contribution in [0, 0.1) is 12.7 Å². The van der Waals surface area contributed by atoms with Gasteiger partial charge in [0, 0.05) is 12.2 Å². The third kappa shape index (κ3) is 3.34. The lowest BCUT2D eigenvalue weighted by Crippen LogP contribution is -2.37. The first-order chi connectivity index (χ1) is 12.6. The van der Waals surface area contributed by atoms with Crippen molar-refractivity contribution in [3.05, 3.63) is 59.4 Å². The number of halogens is 1. The molecule has 26 heavy (non-hydrogen) atoms. The predicted octanol–water partition coefficient (Wildman–Crippen LogP) is 4.57. The van der Waals surface area contributed by atoms with E-state index in [1.807, 2.05) is 25.1 Å². The quantitative estimate of drug-likeness (QED) is 0.676. The Balaban J connectivity index is 1.72. The smallest absolute Gasteiger partial charge is 0.260 e. The van der Waals surface area contributed by atoms with Crippen LogP contribution >= 0.6 is 11.3 Å². The molecule has 1 unspecified atom stereocenters. The van der Waals surface area contributed by atoms with Crippen LogP contribution in [0.15, 0.2) is 42.5 Å². The zero-order valence-electron chi connectivity index (χ0n) is 14.4. The lowest BCUT2D eigenvalue weighted by atomic mass is 10.1. The molecule has 0 radical (unpaired) electrons. The first kappa shape index (κ1) is 17.1. The molecule has 134 valence electrons. The normalized spacial score (nSPS) is 16.9. The molecule has 1 aliphatic heterocycles. The molecule has 4 nitrogen and oxygen atoms in total. The Bertz CT molecular complexity index is 933. The van der Waals surface area contributed by atoms with Gasteiger partial charge in [-0.15, -0.1) is 0 Å². The summed E-state index contributed by atoms with van der Waals surface area (Å²) in [5.74, 6) is -0.542. The van der Waals surface area contributed by atoms with Crippen LogP contribution in [0.25, 0.3) is 10.2 Å². The van der Waals surface area contributed by atoms with E-state index in [1.54, 1.807) is 4.90 Å². The second-order valence-electron chi connectivity index (χ2n) is 6.48. The minimum absolute atomic E-state index is 0.00695. The van der Waals surface area contributed by atoms with E-state index in [2.05, 4.69) is 0 Å². The third-order valence-electron chi connectivity index (χ3n) is 4.59. The Morgan fingerprint density at radius 3 is 2.81 bits per heavy atom. The van der Waals surface area contributed by atoms with Crippen molar-refractivity contribution in [2.24, 2.45) is 0 Å². The lowest BCUT2D eigenvalue weighted by Gasteiger charge is -2.23. The molecule has 2 heterocycles. The second kappa shape index (κ2) is 7.13. The zero-order valence-corrected chi connectivity index (χ0v) is 15.3. The van der Waals surface area contributed by atoms with Crippen molar-refractivity contribution in [3.63, 3.8) is 0 Å². The average molecular weight is 370 g/mol. The number of carbonyl (C=O) groups is 1. The van der Waals surface area contributed by atoms with Crippen LogP contribution in [-0.4, -0.2) is 30.1 Å². The molecule has 0 spiro atoms. The molecule has 4 rings (SSSR count). The molecule has 1 atom stereocenters. The fourth-order valence-electron chi connectivity index (χ4n) is 3.18. The van der Waals surface area contributed by atoms with Gasteiger partial charge in [-0.25, -0.2) is 9.37 Å². The SMILES string of the molecule is Cc1cccc2sc(N(CC3CCCO3)C(=O)c3ccc(F)cc3)nc12. The van der Waals surface area contributed by atoms with Crippen LogP contribution in [0.4, 0.5) is 9.52 Å². The molecule has 2 aromatic carbocycles. The highest BCUT2D eigenvalue weighted by Gasteiger charge is 2.27. The fraction of sp³-hybridized carbons (Fsp3) is 0.300. The highest BCUT2D eigenvalue weighted by atomic mass is 32.1. The third-order valence-corrected chi connectivity index (χ3v) is 5.63. The molecular weight excluding hydrogens is 351 g/mol. The summed E-state index contributed by atoms with van der Waals surface area (Å²) in [6.07, 6.45) is 1.94. The largest absolute Gasteiger partial charge is 0.376 e. The van der Waals surface area contributed by atoms with Gasteiger partial charge in [0.25, 0.3) is 5.91 Å². The summed E-state index contributed by atoms with van der Waals surface area (Å²) in [6.45, 7) is 3.19. The number of thiazole rings is 1. The first-order valence-electron chi connectivity index (χ1n) is 8.67. The standard InChI is InChI=1S/C20H19FN2O2S/c1-13-4-2-6-17-18(13)22-20(26-17)23(12-16-5-3-11-25-16)19(24)14-7-9-15(21)10-8-14/h2,4,6-10,16H,3,5,11-12H2,1H3. The van der Waals surface area contributed by atoms with Gasteiger partial charge < -0.3 is 4.74 Å². The van der Waals surface area contributed by atoms with Gasteiger partial charge in [-0.1, -0.05) is 23.5 Å². The number of ether oxygens (including phenoxy) is 1. The van der Waals surface area contributed by atoms with Gasteiger partial charge in [0.2, 0.25) is 0 Å². The van der Waals surface area contributed by atoms with Gasteiger partial charge in [0.05, 0.1) is 22.9 Å². The van der Waals surface area contributed by atoms with Gasteiger partial charge >= 0.3 is 0 Å². The monoisotopic (exact) mass is 370 g/mol. The van der Waals surface area contributed by atoms with E-state index in [0.29, 0.717) is 17.2 Å². The fourth-order valence-corrected chi connectivity index (χ4v) is 4.23. The number of amides is 1. The molecule has 3 aromatic rings. The summed E-state index contributed by atoms with van der Waals surface area (Å²) in [5, 5.41) is 0.652. The maximum atomic E-state index is 13.2. The van der Waals surface area contributed by atoms with E-state index in [1.165, 1.54) is 35.6 Å². The van der Waals surface area contributed by atoms with Crippen molar-refractivity contribution in [3.8, 4) is 0 Å². The Morgan fingerprint density at radius 1 is 1.31 bits per heavy atom. The molecule has 1 fully saturated rings. The summed E-state index contributed by atoms with van der Waals surface area (Å²) in [5.41, 5.74) is 2.44. The highest BCUT2D eigenvalue weighted by molar-refractivity contribution is 7.22. The number of fused-ring (bicyclic) bond motifs is 1. The number of aryl methyl sites for hydroxylation is 1. The van der Waals surface area contributed by atoms with E-state index in [0.717, 1.165) is 35.2 Å². The summed E-state index contributed by atoms with van der Waals surface area (Å²) in [4.78, 5) is 19.5. The van der Waals surface area contributed by atoms with Crippen molar-refractivity contribution >= 4 is 32.6 Å². The van der Waals surface area contributed by atoms with Crippen molar-refractivity contribution in [2.75, 3.05) is 18.1 Å². The summed E-state index contributed by atoms with van der Waals surface area (Å²) in [7, 11) is 0. The number of nitrogens with zero attached hydrogens (tertiary/aromatic N) is 2. The molecule has 0 bridgehead atoms. The van der Waals surface area contributed by atoms with E-state index < -0.39 is 0 Å². The van der Waals surface area contributed by atoms with E-state index in [9.17, 15) is 9.18 Å². The summed E-state index contributed by atoms with van der Waals surface area (Å²) < 4.78 is 20.0. The maximum absolute atomic E-state index is 13.2. The van der Waals surface area contributed by atoms with Gasteiger partial charge in [0.15, 0.2) is 5.13 Å². The topological polar surface area (TPSA) is 42.4 Å². The van der Waals surface area contributed by atoms with E-state index >= 15 is 0 Å². The first-order valence-corrected chi connectivity index (χ1v) is 9.48. The van der Waals surface area contributed by atoms with Gasteiger partial charge in [-0.3, -0.25) is 9.69 Å². The number of para-hydroxylation sites is 1. The minimum atomic E-state index is -0.358. The van der Waals surface area contributed by atoms with Crippen LogP contribution in [0.3, 0.4) is 0 Å². The van der Waals surface area contributed by atoms with Gasteiger partial charge in [0.1, 0.15) is 5.82 Å². The molecule has 1 aliphatic rings. The lowest BCUT2D eigenvalue weighted by molar-refractivity contribution is 0.0917. The van der Waals surface area contributed by atoms with Crippen LogP contribution < -0.4 is 4.90 Å². The Kier molecular flexibility index (Phi) is 4.70. The number of rotatable bonds is 4. The van der Waals surface area contributed by atoms with E-state index in [4.69, 9.17) is 9.72 Å².